The van der Waals surface area contributed by atoms with Crippen LogP contribution >= 0.6 is 11.6 Å². The molecule has 104 valence electrons. The summed E-state index contributed by atoms with van der Waals surface area (Å²) in [6.07, 6.45) is 1.25. The third-order valence-electron chi connectivity index (χ3n) is 2.91. The first-order valence-corrected chi connectivity index (χ1v) is 6.10. The van der Waals surface area contributed by atoms with Gasteiger partial charge in [0.1, 0.15) is 11.0 Å². The zero-order valence-corrected chi connectivity index (χ0v) is 10.8. The van der Waals surface area contributed by atoms with Crippen molar-refractivity contribution < 1.29 is 13.2 Å². The van der Waals surface area contributed by atoms with Crippen molar-refractivity contribution in [3.63, 3.8) is 0 Å². The molecule has 1 saturated heterocycles. The van der Waals surface area contributed by atoms with Crippen molar-refractivity contribution in [3.8, 4) is 11.3 Å². The predicted molar refractivity (Wildman–Crippen MR) is 67.4 cm³/mol. The van der Waals surface area contributed by atoms with Crippen LogP contribution < -0.4 is 4.90 Å². The third kappa shape index (κ3) is 2.40. The van der Waals surface area contributed by atoms with Crippen LogP contribution in [0.3, 0.4) is 0 Å². The highest BCUT2D eigenvalue weighted by molar-refractivity contribution is 6.29. The lowest BCUT2D eigenvalue weighted by Gasteiger charge is -2.39. The van der Waals surface area contributed by atoms with Gasteiger partial charge in [-0.05, 0) is 12.1 Å². The fourth-order valence-corrected chi connectivity index (χ4v) is 2.05. The molecule has 0 N–H and O–H groups in total. The number of hydrogen-bond acceptors (Lipinski definition) is 4. The average Bonchev–Trinajstić information content (AvgIpc) is 2.36. The Morgan fingerprint density at radius 3 is 2.50 bits per heavy atom. The summed E-state index contributed by atoms with van der Waals surface area (Å²) in [5.74, 6) is -2.91. The molecule has 0 bridgehead atoms. The minimum atomic E-state index is -2.67. The van der Waals surface area contributed by atoms with Crippen molar-refractivity contribution in [2.24, 2.45) is 0 Å². The number of pyridine rings is 1. The summed E-state index contributed by atoms with van der Waals surface area (Å²) in [5, 5.41) is 7.69. The van der Waals surface area contributed by atoms with Crippen LogP contribution in [0.4, 0.5) is 19.0 Å². The monoisotopic (exact) mass is 300 g/mol. The van der Waals surface area contributed by atoms with Crippen LogP contribution in [0.5, 0.6) is 0 Å². The molecular formula is C12H8ClF3N4. The lowest BCUT2D eigenvalue weighted by atomic mass is 10.1. The van der Waals surface area contributed by atoms with Crippen molar-refractivity contribution in [1.82, 2.24) is 15.2 Å². The molecule has 4 nitrogen and oxygen atoms in total. The van der Waals surface area contributed by atoms with Crippen LogP contribution in [0.25, 0.3) is 11.3 Å². The van der Waals surface area contributed by atoms with Crippen molar-refractivity contribution in [3.05, 3.63) is 35.4 Å². The summed E-state index contributed by atoms with van der Waals surface area (Å²) in [7, 11) is 0. The summed E-state index contributed by atoms with van der Waals surface area (Å²) in [6, 6.07) is 4.10. The molecule has 2 aromatic heterocycles. The molecule has 1 aliphatic rings. The largest absolute Gasteiger partial charge is 0.343 e. The number of nitrogens with zero attached hydrogens (tertiary/aromatic N) is 4. The predicted octanol–water partition coefficient (Wildman–Crippen LogP) is 2.79. The van der Waals surface area contributed by atoms with E-state index >= 15 is 0 Å². The maximum Gasteiger partial charge on any atom is 0.282 e. The second-order valence-electron chi connectivity index (χ2n) is 4.48. The third-order valence-corrected chi connectivity index (χ3v) is 3.12. The van der Waals surface area contributed by atoms with Gasteiger partial charge in [0.25, 0.3) is 5.92 Å². The number of halogens is 4. The first kappa shape index (κ1) is 13.1. The van der Waals surface area contributed by atoms with Crippen LogP contribution in [-0.4, -0.2) is 34.2 Å². The highest BCUT2D eigenvalue weighted by Crippen LogP contribution is 2.31. The molecule has 1 fully saturated rings. The van der Waals surface area contributed by atoms with E-state index < -0.39 is 11.7 Å². The van der Waals surface area contributed by atoms with E-state index in [1.54, 1.807) is 0 Å². The molecule has 0 aliphatic carbocycles. The first-order chi connectivity index (χ1) is 9.44. The number of alkyl halides is 2. The fourth-order valence-electron chi connectivity index (χ4n) is 1.91. The van der Waals surface area contributed by atoms with Gasteiger partial charge in [-0.25, -0.2) is 18.2 Å². The summed E-state index contributed by atoms with van der Waals surface area (Å²) < 4.78 is 39.2. The van der Waals surface area contributed by atoms with Gasteiger partial charge in [-0.3, -0.25) is 0 Å². The Morgan fingerprint density at radius 1 is 1.20 bits per heavy atom. The number of anilines is 1. The molecule has 0 radical (unpaired) electrons. The Kier molecular flexibility index (Phi) is 3.01. The summed E-state index contributed by atoms with van der Waals surface area (Å²) in [6.45, 7) is -0.754. The van der Waals surface area contributed by atoms with Gasteiger partial charge >= 0.3 is 0 Å². The molecule has 0 unspecified atom stereocenters. The van der Waals surface area contributed by atoms with E-state index in [0.29, 0.717) is 5.82 Å². The van der Waals surface area contributed by atoms with Crippen LogP contribution in [0, 0.1) is 5.82 Å². The molecule has 0 aromatic carbocycles. The zero-order chi connectivity index (χ0) is 14.3. The lowest BCUT2D eigenvalue weighted by molar-refractivity contribution is -0.0267. The summed E-state index contributed by atoms with van der Waals surface area (Å²) in [4.78, 5) is 5.16. The van der Waals surface area contributed by atoms with Gasteiger partial charge in [-0.2, -0.15) is 0 Å². The van der Waals surface area contributed by atoms with E-state index in [4.69, 9.17) is 11.6 Å². The Morgan fingerprint density at radius 2 is 1.95 bits per heavy atom. The van der Waals surface area contributed by atoms with E-state index in [1.807, 2.05) is 0 Å². The van der Waals surface area contributed by atoms with Gasteiger partial charge in [-0.15, -0.1) is 10.2 Å². The van der Waals surface area contributed by atoms with Gasteiger partial charge in [0.05, 0.1) is 24.3 Å². The SMILES string of the molecule is Fc1cc(Cl)ncc1-c1ccc(N2CC(F)(F)C2)nn1. The maximum absolute atomic E-state index is 13.7. The van der Waals surface area contributed by atoms with Gasteiger partial charge in [0.2, 0.25) is 0 Å². The van der Waals surface area contributed by atoms with Crippen molar-refractivity contribution in [2.75, 3.05) is 18.0 Å². The van der Waals surface area contributed by atoms with Gasteiger partial charge in [0.15, 0.2) is 5.82 Å². The van der Waals surface area contributed by atoms with Gasteiger partial charge < -0.3 is 4.90 Å². The Hall–Kier alpha value is -1.89. The van der Waals surface area contributed by atoms with Crippen LogP contribution in [0.2, 0.25) is 5.15 Å². The molecule has 3 heterocycles. The molecule has 0 spiro atoms. The van der Waals surface area contributed by atoms with E-state index in [0.717, 1.165) is 6.07 Å². The highest BCUT2D eigenvalue weighted by atomic mass is 35.5. The topological polar surface area (TPSA) is 41.9 Å². The minimum Gasteiger partial charge on any atom is -0.343 e. The van der Waals surface area contributed by atoms with Crippen molar-refractivity contribution in [1.29, 1.82) is 0 Å². The van der Waals surface area contributed by atoms with E-state index in [1.165, 1.54) is 23.2 Å². The molecule has 0 amide bonds. The van der Waals surface area contributed by atoms with E-state index in [-0.39, 0.29) is 29.5 Å². The highest BCUT2D eigenvalue weighted by Gasteiger charge is 2.44. The molecule has 8 heteroatoms. The summed E-state index contributed by atoms with van der Waals surface area (Å²) >= 11 is 5.56. The Labute approximate surface area is 117 Å². The molecule has 20 heavy (non-hydrogen) atoms. The molecule has 2 aromatic rings. The average molecular weight is 301 g/mol. The Balaban J connectivity index is 1.83. The molecule has 3 rings (SSSR count). The van der Waals surface area contributed by atoms with Crippen LogP contribution in [0.1, 0.15) is 0 Å². The number of hydrogen-bond donors (Lipinski definition) is 0. The standard InChI is InChI=1S/C12H8ClF3N4/c13-10-3-8(14)7(4-17-10)9-1-2-11(19-18-9)20-5-12(15,16)6-20/h1-4H,5-6H2. The van der Waals surface area contributed by atoms with Gasteiger partial charge in [-0.1, -0.05) is 11.6 Å². The van der Waals surface area contributed by atoms with E-state index in [9.17, 15) is 13.2 Å². The number of rotatable bonds is 2. The maximum atomic E-state index is 13.7. The summed E-state index contributed by atoms with van der Waals surface area (Å²) in [5.41, 5.74) is 0.421. The van der Waals surface area contributed by atoms with Crippen LogP contribution in [-0.2, 0) is 0 Å². The fraction of sp³-hybridized carbons (Fsp3) is 0.250. The van der Waals surface area contributed by atoms with E-state index in [2.05, 4.69) is 15.2 Å². The zero-order valence-electron chi connectivity index (χ0n) is 10.0. The molecule has 0 atom stereocenters. The second-order valence-corrected chi connectivity index (χ2v) is 4.86. The molecule has 1 aliphatic heterocycles. The normalized spacial score (nSPS) is 16.9. The van der Waals surface area contributed by atoms with Crippen molar-refractivity contribution >= 4 is 17.4 Å². The second kappa shape index (κ2) is 4.59. The minimum absolute atomic E-state index is 0.0404. The van der Waals surface area contributed by atoms with Crippen molar-refractivity contribution in [2.45, 2.75) is 5.92 Å². The quantitative estimate of drug-likeness (QED) is 0.800. The first-order valence-electron chi connectivity index (χ1n) is 5.72. The smallest absolute Gasteiger partial charge is 0.282 e. The molecule has 0 saturated carbocycles. The molecular weight excluding hydrogens is 293 g/mol. The Bertz CT molecular complexity index is 640. The van der Waals surface area contributed by atoms with Crippen LogP contribution in [0.15, 0.2) is 24.4 Å². The number of aromatic nitrogens is 3. The van der Waals surface area contributed by atoms with Gasteiger partial charge in [0, 0.05) is 12.3 Å². The lowest BCUT2D eigenvalue weighted by Crippen LogP contribution is -2.56.